The fourth-order valence-electron chi connectivity index (χ4n) is 2.39. The summed E-state index contributed by atoms with van der Waals surface area (Å²) < 4.78 is 34.4. The van der Waals surface area contributed by atoms with Crippen molar-refractivity contribution in [3.63, 3.8) is 0 Å². The molecule has 0 unspecified atom stereocenters. The number of benzene rings is 1. The zero-order valence-corrected chi connectivity index (χ0v) is 15.2. The SMILES string of the molecule is CCOc1ccc(S(=O)(=O)Nc2ccn(CCc3ccccn3)n2)cc1. The van der Waals surface area contributed by atoms with E-state index in [-0.39, 0.29) is 10.7 Å². The summed E-state index contributed by atoms with van der Waals surface area (Å²) in [6.45, 7) is 3.01. The summed E-state index contributed by atoms with van der Waals surface area (Å²) in [4.78, 5) is 4.41. The van der Waals surface area contributed by atoms with Crippen LogP contribution in [0, 0.1) is 0 Å². The second-order valence-corrected chi connectivity index (χ2v) is 7.23. The van der Waals surface area contributed by atoms with Gasteiger partial charge in [0.05, 0.1) is 11.5 Å². The van der Waals surface area contributed by atoms with Gasteiger partial charge in [-0.25, -0.2) is 8.42 Å². The molecule has 0 bridgehead atoms. The van der Waals surface area contributed by atoms with Gasteiger partial charge in [-0.1, -0.05) is 6.07 Å². The predicted molar refractivity (Wildman–Crippen MR) is 98.6 cm³/mol. The van der Waals surface area contributed by atoms with Gasteiger partial charge in [-0.3, -0.25) is 14.4 Å². The maximum Gasteiger partial charge on any atom is 0.263 e. The van der Waals surface area contributed by atoms with E-state index in [1.54, 1.807) is 35.3 Å². The quantitative estimate of drug-likeness (QED) is 0.657. The number of anilines is 1. The number of hydrogen-bond donors (Lipinski definition) is 1. The zero-order valence-electron chi connectivity index (χ0n) is 14.4. The van der Waals surface area contributed by atoms with Crippen LogP contribution in [0.25, 0.3) is 0 Å². The third-order valence-electron chi connectivity index (χ3n) is 3.65. The molecule has 0 saturated carbocycles. The molecule has 0 spiro atoms. The Labute approximate surface area is 152 Å². The van der Waals surface area contributed by atoms with Gasteiger partial charge in [0, 0.05) is 37.1 Å². The molecule has 7 nitrogen and oxygen atoms in total. The van der Waals surface area contributed by atoms with Gasteiger partial charge in [-0.05, 0) is 43.3 Å². The molecule has 0 aliphatic rings. The number of rotatable bonds is 8. The van der Waals surface area contributed by atoms with Gasteiger partial charge in [-0.2, -0.15) is 5.10 Å². The maximum absolute atomic E-state index is 12.4. The van der Waals surface area contributed by atoms with Crippen molar-refractivity contribution in [2.24, 2.45) is 0 Å². The smallest absolute Gasteiger partial charge is 0.263 e. The Bertz CT molecular complexity index is 938. The van der Waals surface area contributed by atoms with Gasteiger partial charge in [-0.15, -0.1) is 0 Å². The Morgan fingerprint density at radius 3 is 2.62 bits per heavy atom. The zero-order chi connectivity index (χ0) is 18.4. The molecular formula is C18H20N4O3S. The Hall–Kier alpha value is -2.87. The minimum atomic E-state index is -3.69. The van der Waals surface area contributed by atoms with Gasteiger partial charge < -0.3 is 4.74 Å². The fraction of sp³-hybridized carbons (Fsp3) is 0.222. The number of hydrogen-bond acceptors (Lipinski definition) is 5. The number of ether oxygens (including phenoxy) is 1. The number of sulfonamides is 1. The van der Waals surface area contributed by atoms with Crippen molar-refractivity contribution in [1.82, 2.24) is 14.8 Å². The first-order valence-electron chi connectivity index (χ1n) is 8.26. The van der Waals surface area contributed by atoms with Crippen LogP contribution in [0.1, 0.15) is 12.6 Å². The van der Waals surface area contributed by atoms with Crippen molar-refractivity contribution < 1.29 is 13.2 Å². The van der Waals surface area contributed by atoms with Gasteiger partial charge in [0.1, 0.15) is 5.75 Å². The number of aromatic nitrogens is 3. The molecule has 0 fully saturated rings. The summed E-state index contributed by atoms with van der Waals surface area (Å²) in [5.74, 6) is 0.908. The summed E-state index contributed by atoms with van der Waals surface area (Å²) in [7, 11) is -3.69. The van der Waals surface area contributed by atoms with Crippen molar-refractivity contribution >= 4 is 15.8 Å². The van der Waals surface area contributed by atoms with Crippen LogP contribution in [0.2, 0.25) is 0 Å². The second-order valence-electron chi connectivity index (χ2n) is 5.55. The minimum absolute atomic E-state index is 0.156. The normalized spacial score (nSPS) is 11.3. The average molecular weight is 372 g/mol. The van der Waals surface area contributed by atoms with E-state index < -0.39 is 10.0 Å². The molecule has 0 saturated heterocycles. The Balaban J connectivity index is 1.63. The van der Waals surface area contributed by atoms with Crippen LogP contribution >= 0.6 is 0 Å². The highest BCUT2D eigenvalue weighted by atomic mass is 32.2. The van der Waals surface area contributed by atoms with Crippen molar-refractivity contribution in [2.75, 3.05) is 11.3 Å². The van der Waals surface area contributed by atoms with Gasteiger partial charge in [0.15, 0.2) is 5.82 Å². The summed E-state index contributed by atoms with van der Waals surface area (Å²) in [6.07, 6.45) is 4.20. The van der Waals surface area contributed by atoms with Crippen LogP contribution in [-0.4, -0.2) is 29.8 Å². The first kappa shape index (κ1) is 17.9. The molecule has 0 aliphatic carbocycles. The first-order chi connectivity index (χ1) is 12.6. The van der Waals surface area contributed by atoms with E-state index in [4.69, 9.17) is 4.74 Å². The van der Waals surface area contributed by atoms with Gasteiger partial charge >= 0.3 is 0 Å². The molecule has 1 aromatic carbocycles. The molecule has 3 rings (SSSR count). The Morgan fingerprint density at radius 2 is 1.92 bits per heavy atom. The number of nitrogens with one attached hydrogen (secondary N) is 1. The molecule has 1 N–H and O–H groups in total. The molecule has 0 amide bonds. The van der Waals surface area contributed by atoms with E-state index in [1.807, 2.05) is 25.1 Å². The number of nitrogens with zero attached hydrogens (tertiary/aromatic N) is 3. The largest absolute Gasteiger partial charge is 0.494 e. The second kappa shape index (κ2) is 8.01. The lowest BCUT2D eigenvalue weighted by molar-refractivity contribution is 0.340. The highest BCUT2D eigenvalue weighted by Gasteiger charge is 2.15. The Kier molecular flexibility index (Phi) is 5.52. The molecule has 26 heavy (non-hydrogen) atoms. The fourth-order valence-corrected chi connectivity index (χ4v) is 3.39. The number of aryl methyl sites for hydroxylation is 2. The third-order valence-corrected chi connectivity index (χ3v) is 5.02. The monoisotopic (exact) mass is 372 g/mol. The summed E-state index contributed by atoms with van der Waals surface area (Å²) in [5.41, 5.74) is 0.958. The van der Waals surface area contributed by atoms with E-state index >= 15 is 0 Å². The van der Waals surface area contributed by atoms with Crippen LogP contribution in [0.15, 0.2) is 65.8 Å². The minimum Gasteiger partial charge on any atom is -0.494 e. The van der Waals surface area contributed by atoms with Crippen LogP contribution < -0.4 is 9.46 Å². The van der Waals surface area contributed by atoms with Crippen molar-refractivity contribution in [3.05, 3.63) is 66.6 Å². The topological polar surface area (TPSA) is 86.1 Å². The molecule has 2 heterocycles. The molecule has 3 aromatic rings. The van der Waals surface area contributed by atoms with Gasteiger partial charge in [0.2, 0.25) is 0 Å². The average Bonchev–Trinajstić information content (AvgIpc) is 3.08. The maximum atomic E-state index is 12.4. The van der Waals surface area contributed by atoms with Crippen molar-refractivity contribution in [2.45, 2.75) is 24.8 Å². The highest BCUT2D eigenvalue weighted by Crippen LogP contribution is 2.18. The van der Waals surface area contributed by atoms with E-state index in [1.165, 1.54) is 12.1 Å². The van der Waals surface area contributed by atoms with Gasteiger partial charge in [0.25, 0.3) is 10.0 Å². The third kappa shape index (κ3) is 4.60. The lowest BCUT2D eigenvalue weighted by Gasteiger charge is -2.07. The van der Waals surface area contributed by atoms with E-state index in [0.29, 0.717) is 25.3 Å². The molecule has 136 valence electrons. The molecule has 0 radical (unpaired) electrons. The van der Waals surface area contributed by atoms with Crippen molar-refractivity contribution in [3.8, 4) is 5.75 Å². The summed E-state index contributed by atoms with van der Waals surface area (Å²) in [5, 5.41) is 4.26. The molecule has 2 aromatic heterocycles. The lowest BCUT2D eigenvalue weighted by atomic mass is 10.3. The van der Waals surface area contributed by atoms with Crippen LogP contribution in [-0.2, 0) is 23.0 Å². The van der Waals surface area contributed by atoms with Crippen LogP contribution in [0.5, 0.6) is 5.75 Å². The van der Waals surface area contributed by atoms with Crippen LogP contribution in [0.4, 0.5) is 5.82 Å². The van der Waals surface area contributed by atoms with E-state index in [9.17, 15) is 8.42 Å². The molecule has 0 aliphatic heterocycles. The predicted octanol–water partition coefficient (Wildman–Crippen LogP) is 2.72. The number of pyridine rings is 1. The highest BCUT2D eigenvalue weighted by molar-refractivity contribution is 7.92. The van der Waals surface area contributed by atoms with E-state index in [0.717, 1.165) is 5.69 Å². The first-order valence-corrected chi connectivity index (χ1v) is 9.74. The van der Waals surface area contributed by atoms with Crippen LogP contribution in [0.3, 0.4) is 0 Å². The van der Waals surface area contributed by atoms with Crippen molar-refractivity contribution in [1.29, 1.82) is 0 Å². The standard InChI is InChI=1S/C18H20N4O3S/c1-2-25-16-6-8-17(9-7-16)26(23,24)21-18-11-14-22(20-18)13-10-15-5-3-4-12-19-15/h3-9,11-12,14H,2,10,13H2,1H3,(H,20,21). The summed E-state index contributed by atoms with van der Waals surface area (Å²) in [6, 6.07) is 13.6. The molecular weight excluding hydrogens is 352 g/mol. The van der Waals surface area contributed by atoms with E-state index in [2.05, 4.69) is 14.8 Å². The lowest BCUT2D eigenvalue weighted by Crippen LogP contribution is -2.14. The molecule has 8 heteroatoms. The summed E-state index contributed by atoms with van der Waals surface area (Å²) >= 11 is 0. The Morgan fingerprint density at radius 1 is 1.12 bits per heavy atom. The molecule has 0 atom stereocenters.